The summed E-state index contributed by atoms with van der Waals surface area (Å²) in [6.45, 7) is 5.34. The summed E-state index contributed by atoms with van der Waals surface area (Å²) < 4.78 is 9.40. The highest BCUT2D eigenvalue weighted by molar-refractivity contribution is 5.99. The number of hydrogen-bond donors (Lipinski definition) is 1. The quantitative estimate of drug-likeness (QED) is 0.748. The summed E-state index contributed by atoms with van der Waals surface area (Å²) in [6.07, 6.45) is 0. The Morgan fingerprint density at radius 2 is 2.13 bits per heavy atom. The van der Waals surface area contributed by atoms with Gasteiger partial charge in [0, 0.05) is 13.1 Å². The minimum absolute atomic E-state index is 0.0104. The van der Waals surface area contributed by atoms with E-state index < -0.39 is 5.97 Å². The second-order valence-electron chi connectivity index (χ2n) is 2.91. The van der Waals surface area contributed by atoms with Gasteiger partial charge in [-0.15, -0.1) is 0 Å². The number of carbonyl (C=O) groups excluding carboxylic acids is 1. The van der Waals surface area contributed by atoms with E-state index in [4.69, 9.17) is 10.3 Å². The number of carbonyl (C=O) groups is 1. The number of ether oxygens (including phenoxy) is 1. The van der Waals surface area contributed by atoms with Crippen molar-refractivity contribution in [2.75, 3.05) is 30.8 Å². The minimum Gasteiger partial charge on any atom is -0.465 e. The lowest BCUT2D eigenvalue weighted by atomic mass is 10.3. The monoisotopic (exact) mass is 213 g/mol. The summed E-state index contributed by atoms with van der Waals surface area (Å²) in [6, 6.07) is 0. The van der Waals surface area contributed by atoms with Gasteiger partial charge in [0.1, 0.15) is 0 Å². The van der Waals surface area contributed by atoms with Crippen molar-refractivity contribution >= 4 is 17.7 Å². The van der Waals surface area contributed by atoms with Crippen LogP contribution in [-0.2, 0) is 4.74 Å². The highest BCUT2D eigenvalue weighted by Crippen LogP contribution is 2.25. The van der Waals surface area contributed by atoms with Crippen LogP contribution in [0.5, 0.6) is 0 Å². The molecule has 0 atom stereocenters. The van der Waals surface area contributed by atoms with E-state index >= 15 is 0 Å². The van der Waals surface area contributed by atoms with E-state index in [1.54, 1.807) is 0 Å². The van der Waals surface area contributed by atoms with E-state index in [2.05, 4.69) is 9.89 Å². The number of esters is 1. The molecule has 0 bridgehead atoms. The fourth-order valence-electron chi connectivity index (χ4n) is 1.33. The maximum absolute atomic E-state index is 11.4. The molecule has 0 aromatic carbocycles. The highest BCUT2D eigenvalue weighted by Gasteiger charge is 2.24. The van der Waals surface area contributed by atoms with Crippen LogP contribution in [0, 0.1) is 0 Å². The molecule has 2 N–H and O–H groups in total. The summed E-state index contributed by atoms with van der Waals surface area (Å²) in [4.78, 5) is 13.3. The largest absolute Gasteiger partial charge is 0.465 e. The molecule has 0 fully saturated rings. The Kier molecular flexibility index (Phi) is 3.54. The first-order chi connectivity index (χ1) is 7.15. The number of nitrogens with two attached hydrogens (primary N) is 1. The Balaban J connectivity index is 3.13. The molecule has 84 valence electrons. The molecule has 0 radical (unpaired) electrons. The van der Waals surface area contributed by atoms with Crippen molar-refractivity contribution < 1.29 is 14.1 Å². The molecule has 0 spiro atoms. The summed E-state index contributed by atoms with van der Waals surface area (Å²) in [5.41, 5.74) is 5.70. The summed E-state index contributed by atoms with van der Waals surface area (Å²) in [5, 5.41) is 3.75. The third kappa shape index (κ3) is 2.03. The highest BCUT2D eigenvalue weighted by atomic mass is 16.5. The van der Waals surface area contributed by atoms with Crippen molar-refractivity contribution in [3.8, 4) is 0 Å². The number of rotatable bonds is 4. The van der Waals surface area contributed by atoms with Gasteiger partial charge in [0.05, 0.1) is 7.11 Å². The van der Waals surface area contributed by atoms with Gasteiger partial charge in [-0.1, -0.05) is 5.16 Å². The fraction of sp³-hybridized carbons (Fsp3) is 0.556. The van der Waals surface area contributed by atoms with E-state index in [1.165, 1.54) is 7.11 Å². The Morgan fingerprint density at radius 3 is 2.60 bits per heavy atom. The van der Waals surface area contributed by atoms with E-state index in [1.807, 2.05) is 18.7 Å². The van der Waals surface area contributed by atoms with Crippen LogP contribution in [0.4, 0.5) is 11.7 Å². The molecule has 0 saturated heterocycles. The molecule has 15 heavy (non-hydrogen) atoms. The van der Waals surface area contributed by atoms with Crippen LogP contribution >= 0.6 is 0 Å². The molecule has 1 heterocycles. The number of nitrogens with zero attached hydrogens (tertiary/aromatic N) is 2. The standard InChI is InChI=1S/C9H15N3O3/c1-4-12(5-2)8-6(9(13)14-3)7(10)15-11-8/h4-5,10H2,1-3H3. The van der Waals surface area contributed by atoms with Crippen molar-refractivity contribution in [1.82, 2.24) is 5.16 Å². The zero-order chi connectivity index (χ0) is 11.4. The van der Waals surface area contributed by atoms with Gasteiger partial charge in [-0.2, -0.15) is 0 Å². The lowest BCUT2D eigenvalue weighted by molar-refractivity contribution is 0.0602. The van der Waals surface area contributed by atoms with Gasteiger partial charge in [0.2, 0.25) is 5.88 Å². The van der Waals surface area contributed by atoms with Crippen LogP contribution in [0.2, 0.25) is 0 Å². The number of methoxy groups -OCH3 is 1. The molecule has 6 heteroatoms. The third-order valence-electron chi connectivity index (χ3n) is 2.15. The molecule has 0 aliphatic carbocycles. The predicted molar refractivity (Wildman–Crippen MR) is 55.8 cm³/mol. The van der Waals surface area contributed by atoms with E-state index in [0.717, 1.165) is 0 Å². The van der Waals surface area contributed by atoms with Crippen molar-refractivity contribution in [3.63, 3.8) is 0 Å². The molecule has 1 rings (SSSR count). The Morgan fingerprint density at radius 1 is 1.53 bits per heavy atom. The smallest absolute Gasteiger partial charge is 0.347 e. The third-order valence-corrected chi connectivity index (χ3v) is 2.15. The second kappa shape index (κ2) is 4.68. The van der Waals surface area contributed by atoms with Gasteiger partial charge in [-0.05, 0) is 13.8 Å². The summed E-state index contributed by atoms with van der Waals surface area (Å²) >= 11 is 0. The molecule has 1 aromatic heterocycles. The van der Waals surface area contributed by atoms with Gasteiger partial charge in [0.15, 0.2) is 11.4 Å². The maximum atomic E-state index is 11.4. The molecule has 0 aliphatic heterocycles. The average Bonchev–Trinajstić information content (AvgIpc) is 2.61. The fourth-order valence-corrected chi connectivity index (χ4v) is 1.33. The average molecular weight is 213 g/mol. The molecule has 1 aromatic rings. The van der Waals surface area contributed by atoms with Crippen LogP contribution in [0.15, 0.2) is 4.52 Å². The van der Waals surface area contributed by atoms with Crippen LogP contribution < -0.4 is 10.6 Å². The zero-order valence-corrected chi connectivity index (χ0v) is 9.11. The SMILES string of the molecule is CCN(CC)c1noc(N)c1C(=O)OC. The first-order valence-electron chi connectivity index (χ1n) is 4.74. The topological polar surface area (TPSA) is 81.6 Å². The molecular weight excluding hydrogens is 198 g/mol. The van der Waals surface area contributed by atoms with E-state index in [9.17, 15) is 4.79 Å². The Labute approximate surface area is 88.0 Å². The van der Waals surface area contributed by atoms with E-state index in [0.29, 0.717) is 18.9 Å². The van der Waals surface area contributed by atoms with Gasteiger partial charge in [0.25, 0.3) is 0 Å². The lowest BCUT2D eigenvalue weighted by Gasteiger charge is -2.17. The number of anilines is 2. The molecule has 6 nitrogen and oxygen atoms in total. The van der Waals surface area contributed by atoms with Crippen molar-refractivity contribution in [2.45, 2.75) is 13.8 Å². The first kappa shape index (κ1) is 11.4. The zero-order valence-electron chi connectivity index (χ0n) is 9.11. The second-order valence-corrected chi connectivity index (χ2v) is 2.91. The number of hydrogen-bond acceptors (Lipinski definition) is 6. The molecule has 0 saturated carbocycles. The summed E-state index contributed by atoms with van der Waals surface area (Å²) in [5.74, 6) is -0.108. The Hall–Kier alpha value is -1.72. The minimum atomic E-state index is -0.532. The summed E-state index contributed by atoms with van der Waals surface area (Å²) in [7, 11) is 1.29. The van der Waals surface area contributed by atoms with Gasteiger partial charge < -0.3 is 19.9 Å². The van der Waals surface area contributed by atoms with E-state index in [-0.39, 0.29) is 11.4 Å². The molecule has 0 unspecified atom stereocenters. The van der Waals surface area contributed by atoms with Gasteiger partial charge in [-0.25, -0.2) is 4.79 Å². The van der Waals surface area contributed by atoms with Crippen LogP contribution in [0.3, 0.4) is 0 Å². The molecule has 0 amide bonds. The molecular formula is C9H15N3O3. The van der Waals surface area contributed by atoms with Crippen molar-refractivity contribution in [2.24, 2.45) is 0 Å². The Bertz CT molecular complexity index is 344. The normalized spacial score (nSPS) is 10.1. The maximum Gasteiger partial charge on any atom is 0.347 e. The van der Waals surface area contributed by atoms with Crippen LogP contribution in [0.25, 0.3) is 0 Å². The van der Waals surface area contributed by atoms with Crippen molar-refractivity contribution in [1.29, 1.82) is 0 Å². The van der Waals surface area contributed by atoms with Gasteiger partial charge in [-0.3, -0.25) is 0 Å². The lowest BCUT2D eigenvalue weighted by Crippen LogP contribution is -2.24. The first-order valence-corrected chi connectivity index (χ1v) is 4.74. The predicted octanol–water partition coefficient (Wildman–Crippen LogP) is 0.890. The number of nitrogen functional groups attached to an aromatic ring is 1. The van der Waals surface area contributed by atoms with Crippen LogP contribution in [-0.4, -0.2) is 31.3 Å². The van der Waals surface area contributed by atoms with Crippen molar-refractivity contribution in [3.05, 3.63) is 5.56 Å². The molecule has 0 aliphatic rings. The van der Waals surface area contributed by atoms with Crippen LogP contribution in [0.1, 0.15) is 24.2 Å². The van der Waals surface area contributed by atoms with Gasteiger partial charge >= 0.3 is 5.97 Å². The number of aromatic nitrogens is 1.